The standard InChI is InChI=1S/C9H6ClNO.Li/c10-7-3-4-8(12)9-6(7)2-1-5-11-9;/h1-5,12H;/q;+1. The molecule has 1 aromatic heterocycles. The number of hydrogen-bond acceptors (Lipinski definition) is 1. The van der Waals surface area contributed by atoms with Crippen molar-refractivity contribution in [3.63, 3.8) is 0 Å². The monoisotopic (exact) mass is 186 g/mol. The molecule has 0 saturated carbocycles. The van der Waals surface area contributed by atoms with E-state index in [1.807, 2.05) is 12.1 Å². The van der Waals surface area contributed by atoms with Gasteiger partial charge in [-0.25, -0.2) is 4.98 Å². The smallest absolute Gasteiger partial charge is 0.868 e. The van der Waals surface area contributed by atoms with Crippen LogP contribution >= 0.6 is 11.6 Å². The van der Waals surface area contributed by atoms with Crippen LogP contribution < -0.4 is 29.0 Å². The number of benzene rings is 1. The van der Waals surface area contributed by atoms with Gasteiger partial charge in [-0.3, -0.25) is 0 Å². The molecule has 60 valence electrons. The zero-order valence-electron chi connectivity index (χ0n) is 7.17. The zero-order valence-corrected chi connectivity index (χ0v) is 7.93. The Labute approximate surface area is 92.7 Å². The van der Waals surface area contributed by atoms with Crippen LogP contribution in [0.25, 0.3) is 10.9 Å². The number of aromatic amines is 1. The van der Waals surface area contributed by atoms with Crippen molar-refractivity contribution in [2.24, 2.45) is 0 Å². The van der Waals surface area contributed by atoms with E-state index in [4.69, 9.17) is 11.6 Å². The van der Waals surface area contributed by atoms with Crippen LogP contribution in [0.5, 0.6) is 5.75 Å². The van der Waals surface area contributed by atoms with Crippen LogP contribution in [0.4, 0.5) is 0 Å². The molecule has 2 rings (SSSR count). The van der Waals surface area contributed by atoms with E-state index in [1.165, 1.54) is 6.07 Å². The minimum absolute atomic E-state index is 0. The molecule has 0 saturated heterocycles. The fourth-order valence-electron chi connectivity index (χ4n) is 1.16. The summed E-state index contributed by atoms with van der Waals surface area (Å²) in [5.74, 6) is -0.0324. The van der Waals surface area contributed by atoms with Gasteiger partial charge in [-0.05, 0) is 17.9 Å². The van der Waals surface area contributed by atoms with Gasteiger partial charge in [0.25, 0.3) is 0 Å². The number of rotatable bonds is 0. The predicted molar refractivity (Wildman–Crippen MR) is 45.0 cm³/mol. The Balaban J connectivity index is 0.000000845. The molecule has 0 amide bonds. The number of hydrogen-bond donors (Lipinski definition) is 0. The number of halogens is 1. The summed E-state index contributed by atoms with van der Waals surface area (Å²) in [4.78, 5) is 2.86. The molecule has 1 N–H and O–H groups in total. The van der Waals surface area contributed by atoms with Crippen LogP contribution in [0.15, 0.2) is 30.5 Å². The summed E-state index contributed by atoms with van der Waals surface area (Å²) in [7, 11) is 0. The van der Waals surface area contributed by atoms with Crippen LogP contribution in [0.3, 0.4) is 0 Å². The van der Waals surface area contributed by atoms with Gasteiger partial charge in [0, 0.05) is 6.07 Å². The van der Waals surface area contributed by atoms with E-state index in [-0.39, 0.29) is 24.6 Å². The average Bonchev–Trinajstić information content (AvgIpc) is 2.12. The number of fused-ring (bicyclic) bond motifs is 1. The molecule has 1 aromatic carbocycles. The first-order valence-corrected chi connectivity index (χ1v) is 3.93. The fourth-order valence-corrected chi connectivity index (χ4v) is 1.38. The van der Waals surface area contributed by atoms with Crippen molar-refractivity contribution in [2.45, 2.75) is 0 Å². The maximum Gasteiger partial charge on any atom is 1.00 e. The van der Waals surface area contributed by atoms with Crippen molar-refractivity contribution < 1.29 is 29.0 Å². The third kappa shape index (κ3) is 1.81. The minimum Gasteiger partial charge on any atom is -0.868 e. The molecule has 2 nitrogen and oxygen atoms in total. The molecule has 0 aliphatic heterocycles. The van der Waals surface area contributed by atoms with Crippen LogP contribution in [-0.4, -0.2) is 0 Å². The Morgan fingerprint density at radius 3 is 2.69 bits per heavy atom. The van der Waals surface area contributed by atoms with Crippen LogP contribution in [0, 0.1) is 0 Å². The average molecular weight is 187 g/mol. The molecule has 0 aliphatic carbocycles. The quantitative estimate of drug-likeness (QED) is 0.456. The number of aromatic nitrogens is 1. The predicted octanol–water partition coefficient (Wildman–Crippen LogP) is -1.62. The summed E-state index contributed by atoms with van der Waals surface area (Å²) in [6, 6.07) is 6.70. The molecule has 0 aliphatic rings. The molecule has 0 atom stereocenters. The molecule has 13 heavy (non-hydrogen) atoms. The number of pyridine rings is 1. The van der Waals surface area contributed by atoms with E-state index in [2.05, 4.69) is 4.98 Å². The van der Waals surface area contributed by atoms with Crippen LogP contribution in [0.1, 0.15) is 0 Å². The second kappa shape index (κ2) is 4.02. The van der Waals surface area contributed by atoms with Gasteiger partial charge in [-0.2, -0.15) is 0 Å². The van der Waals surface area contributed by atoms with Crippen molar-refractivity contribution >= 4 is 22.5 Å². The fraction of sp³-hybridized carbons (Fsp3) is 0. The van der Waals surface area contributed by atoms with Gasteiger partial charge in [0.05, 0.1) is 10.4 Å². The van der Waals surface area contributed by atoms with E-state index in [0.717, 1.165) is 5.39 Å². The number of nitrogens with one attached hydrogen (secondary N) is 1. The molecule has 0 unspecified atom stereocenters. The van der Waals surface area contributed by atoms with E-state index in [1.54, 1.807) is 12.3 Å². The minimum atomic E-state index is -0.0324. The summed E-state index contributed by atoms with van der Waals surface area (Å²) in [5, 5.41) is 12.6. The maximum atomic E-state index is 11.2. The first-order valence-electron chi connectivity index (χ1n) is 3.55. The largest absolute Gasteiger partial charge is 1.00 e. The molecule has 1 heterocycles. The molecule has 0 fully saturated rings. The van der Waals surface area contributed by atoms with Gasteiger partial charge in [-0.15, -0.1) is 0 Å². The van der Waals surface area contributed by atoms with Gasteiger partial charge in [-0.1, -0.05) is 17.7 Å². The first-order chi connectivity index (χ1) is 5.79. The summed E-state index contributed by atoms with van der Waals surface area (Å²) in [6.45, 7) is 0. The molecular formula is C9H6ClLiNO+. The summed E-state index contributed by atoms with van der Waals surface area (Å²) in [5.41, 5.74) is 0.560. The maximum absolute atomic E-state index is 11.2. The van der Waals surface area contributed by atoms with Gasteiger partial charge in [0.2, 0.25) is 5.52 Å². The Bertz CT molecular complexity index is 392. The Hall–Kier alpha value is -0.683. The molecular weight excluding hydrogens is 180 g/mol. The number of H-pyrrole nitrogens is 1. The van der Waals surface area contributed by atoms with Gasteiger partial charge in [0.15, 0.2) is 6.20 Å². The molecule has 0 radical (unpaired) electrons. The van der Waals surface area contributed by atoms with Crippen molar-refractivity contribution in [1.29, 1.82) is 0 Å². The summed E-state index contributed by atoms with van der Waals surface area (Å²) in [6.07, 6.45) is 1.71. The van der Waals surface area contributed by atoms with E-state index in [9.17, 15) is 5.11 Å². The van der Waals surface area contributed by atoms with Crippen molar-refractivity contribution in [3.8, 4) is 5.75 Å². The first kappa shape index (κ1) is 10.4. The van der Waals surface area contributed by atoms with Crippen LogP contribution in [-0.2, 0) is 0 Å². The molecule has 4 heteroatoms. The SMILES string of the molecule is [Li+].[O-]c1ccc(Cl)c2ccc[nH+]c12. The topological polar surface area (TPSA) is 37.2 Å². The Morgan fingerprint density at radius 2 is 2.00 bits per heavy atom. The second-order valence-corrected chi connectivity index (χ2v) is 2.91. The molecule has 0 bridgehead atoms. The van der Waals surface area contributed by atoms with Crippen molar-refractivity contribution in [3.05, 3.63) is 35.5 Å². The van der Waals surface area contributed by atoms with E-state index < -0.39 is 0 Å². The van der Waals surface area contributed by atoms with Crippen molar-refractivity contribution in [2.75, 3.05) is 0 Å². The Kier molecular flexibility index (Phi) is 3.21. The van der Waals surface area contributed by atoms with Crippen molar-refractivity contribution in [1.82, 2.24) is 0 Å². The third-order valence-electron chi connectivity index (χ3n) is 1.74. The summed E-state index contributed by atoms with van der Waals surface area (Å²) < 4.78 is 0. The van der Waals surface area contributed by atoms with Gasteiger partial charge in [0.1, 0.15) is 0 Å². The summed E-state index contributed by atoms with van der Waals surface area (Å²) >= 11 is 5.87. The normalized spacial score (nSPS) is 9.62. The third-order valence-corrected chi connectivity index (χ3v) is 2.07. The van der Waals surface area contributed by atoms with Gasteiger partial charge < -0.3 is 5.11 Å². The molecule has 0 spiro atoms. The zero-order chi connectivity index (χ0) is 8.55. The Morgan fingerprint density at radius 1 is 1.23 bits per heavy atom. The van der Waals surface area contributed by atoms with E-state index in [0.29, 0.717) is 10.5 Å². The molecule has 2 aromatic rings. The van der Waals surface area contributed by atoms with Gasteiger partial charge >= 0.3 is 18.9 Å². The second-order valence-electron chi connectivity index (χ2n) is 2.50. The van der Waals surface area contributed by atoms with E-state index >= 15 is 0 Å². The van der Waals surface area contributed by atoms with Crippen LogP contribution in [0.2, 0.25) is 5.02 Å².